The molecule has 0 unspecified atom stereocenters. The highest BCUT2D eigenvalue weighted by Crippen LogP contribution is 2.33. The number of hydrogen-bond donors (Lipinski definition) is 0. The van der Waals surface area contributed by atoms with Crippen molar-refractivity contribution in [2.24, 2.45) is 0 Å². The van der Waals surface area contributed by atoms with Crippen LogP contribution in [0.4, 0.5) is 5.69 Å². The molecule has 2 heterocycles. The Labute approximate surface area is 103 Å². The predicted octanol–water partition coefficient (Wildman–Crippen LogP) is 2.65. The lowest BCUT2D eigenvalue weighted by molar-refractivity contribution is -0.388. The minimum atomic E-state index is -0.549. The lowest BCUT2D eigenvalue weighted by Gasteiger charge is -1.98. The number of halogens is 1. The third-order valence-corrected chi connectivity index (χ3v) is 3.56. The highest BCUT2D eigenvalue weighted by Gasteiger charge is 2.18. The van der Waals surface area contributed by atoms with Crippen molar-refractivity contribution in [2.45, 2.75) is 9.37 Å². The van der Waals surface area contributed by atoms with E-state index in [2.05, 4.69) is 15.0 Å². The van der Waals surface area contributed by atoms with Gasteiger partial charge in [-0.3, -0.25) is 10.1 Å². The first-order valence-corrected chi connectivity index (χ1v) is 5.98. The molecule has 0 radical (unpaired) electrons. The van der Waals surface area contributed by atoms with Crippen LogP contribution in [0.3, 0.4) is 0 Å². The average Bonchev–Trinajstić information content (AvgIpc) is 2.70. The van der Waals surface area contributed by atoms with E-state index in [-0.39, 0.29) is 16.0 Å². The van der Waals surface area contributed by atoms with Crippen LogP contribution in [0.25, 0.3) is 0 Å². The minimum absolute atomic E-state index is 0.0235. The van der Waals surface area contributed by atoms with Gasteiger partial charge in [0.2, 0.25) is 5.28 Å². The van der Waals surface area contributed by atoms with Gasteiger partial charge in [-0.2, -0.15) is 0 Å². The number of hydrogen-bond acceptors (Lipinski definition) is 7. The van der Waals surface area contributed by atoms with Gasteiger partial charge >= 0.3 is 5.69 Å². The van der Waals surface area contributed by atoms with Crippen molar-refractivity contribution in [3.8, 4) is 0 Å². The Hall–Kier alpha value is -1.25. The lowest BCUT2D eigenvalue weighted by Crippen LogP contribution is -1.95. The standard InChI is InChI=1S/C7H3ClN4O2S2/c8-6-10-3-4(12(13)14)5(11-6)16-7-9-1-2-15-7/h1-3H. The fraction of sp³-hybridized carbons (Fsp3) is 0. The zero-order chi connectivity index (χ0) is 11.5. The van der Waals surface area contributed by atoms with E-state index in [1.54, 1.807) is 11.6 Å². The summed E-state index contributed by atoms with van der Waals surface area (Å²) in [4.78, 5) is 21.5. The van der Waals surface area contributed by atoms with Crippen molar-refractivity contribution in [3.05, 3.63) is 33.2 Å². The van der Waals surface area contributed by atoms with E-state index in [9.17, 15) is 10.1 Å². The molecule has 0 spiro atoms. The maximum absolute atomic E-state index is 10.7. The Morgan fingerprint density at radius 3 is 2.94 bits per heavy atom. The Bertz CT molecular complexity index is 519. The van der Waals surface area contributed by atoms with E-state index in [1.165, 1.54) is 11.3 Å². The first-order valence-electron chi connectivity index (χ1n) is 3.91. The quantitative estimate of drug-likeness (QED) is 0.370. The van der Waals surface area contributed by atoms with Gasteiger partial charge in [-0.1, -0.05) is 0 Å². The average molecular weight is 275 g/mol. The highest BCUT2D eigenvalue weighted by molar-refractivity contribution is 8.01. The molecule has 0 aromatic carbocycles. The second kappa shape index (κ2) is 4.73. The summed E-state index contributed by atoms with van der Waals surface area (Å²) in [7, 11) is 0. The summed E-state index contributed by atoms with van der Waals surface area (Å²) in [5.74, 6) is 0. The Balaban J connectivity index is 2.38. The predicted molar refractivity (Wildman–Crippen MR) is 59.9 cm³/mol. The van der Waals surface area contributed by atoms with E-state index >= 15 is 0 Å². The number of thiazole rings is 1. The molecule has 82 valence electrons. The number of nitrogens with zero attached hydrogens (tertiary/aromatic N) is 4. The zero-order valence-corrected chi connectivity index (χ0v) is 9.92. The van der Waals surface area contributed by atoms with Crippen molar-refractivity contribution in [2.75, 3.05) is 0 Å². The molecular formula is C7H3ClN4O2S2. The maximum Gasteiger partial charge on any atom is 0.320 e. The van der Waals surface area contributed by atoms with Crippen LogP contribution in [0.5, 0.6) is 0 Å². The van der Waals surface area contributed by atoms with Crippen molar-refractivity contribution in [1.29, 1.82) is 0 Å². The lowest BCUT2D eigenvalue weighted by atomic mass is 10.6. The molecule has 0 saturated heterocycles. The molecule has 0 aliphatic carbocycles. The van der Waals surface area contributed by atoms with Crippen LogP contribution in [0.2, 0.25) is 5.28 Å². The number of rotatable bonds is 3. The van der Waals surface area contributed by atoms with E-state index in [0.717, 1.165) is 18.0 Å². The largest absolute Gasteiger partial charge is 0.320 e. The van der Waals surface area contributed by atoms with Gasteiger partial charge in [0.1, 0.15) is 6.20 Å². The van der Waals surface area contributed by atoms with Gasteiger partial charge in [0.05, 0.1) is 4.92 Å². The molecule has 0 atom stereocenters. The summed E-state index contributed by atoms with van der Waals surface area (Å²) in [5, 5.41) is 12.7. The molecule has 2 rings (SSSR count). The van der Waals surface area contributed by atoms with Crippen molar-refractivity contribution in [1.82, 2.24) is 15.0 Å². The fourth-order valence-electron chi connectivity index (χ4n) is 0.883. The third kappa shape index (κ3) is 2.46. The Kier molecular flexibility index (Phi) is 3.32. The van der Waals surface area contributed by atoms with E-state index in [1.807, 2.05) is 0 Å². The van der Waals surface area contributed by atoms with E-state index < -0.39 is 4.92 Å². The van der Waals surface area contributed by atoms with Crippen LogP contribution >= 0.6 is 34.7 Å². The van der Waals surface area contributed by atoms with Crippen LogP contribution in [0.1, 0.15) is 0 Å². The van der Waals surface area contributed by atoms with Gasteiger partial charge in [0.15, 0.2) is 9.37 Å². The monoisotopic (exact) mass is 274 g/mol. The second-order valence-corrected chi connectivity index (χ2v) is 4.96. The Morgan fingerprint density at radius 1 is 1.50 bits per heavy atom. The fourth-order valence-corrected chi connectivity index (χ4v) is 2.67. The zero-order valence-electron chi connectivity index (χ0n) is 7.53. The molecule has 2 aromatic rings. The van der Waals surface area contributed by atoms with Gasteiger partial charge in [0.25, 0.3) is 0 Å². The summed E-state index contributed by atoms with van der Waals surface area (Å²) < 4.78 is 0.665. The summed E-state index contributed by atoms with van der Waals surface area (Å²) >= 11 is 8.05. The molecular weight excluding hydrogens is 272 g/mol. The smallest absolute Gasteiger partial charge is 0.258 e. The third-order valence-electron chi connectivity index (χ3n) is 1.50. The van der Waals surface area contributed by atoms with Gasteiger partial charge in [0, 0.05) is 11.6 Å². The minimum Gasteiger partial charge on any atom is -0.258 e. The maximum atomic E-state index is 10.7. The number of aromatic nitrogens is 3. The summed E-state index contributed by atoms with van der Waals surface area (Å²) in [6, 6.07) is 0. The second-order valence-electron chi connectivity index (χ2n) is 2.49. The molecule has 0 fully saturated rings. The van der Waals surface area contributed by atoms with Crippen LogP contribution in [-0.2, 0) is 0 Å². The van der Waals surface area contributed by atoms with Gasteiger partial charge in [-0.05, 0) is 23.4 Å². The highest BCUT2D eigenvalue weighted by atomic mass is 35.5. The summed E-state index contributed by atoms with van der Waals surface area (Å²) in [6.07, 6.45) is 2.70. The van der Waals surface area contributed by atoms with Gasteiger partial charge < -0.3 is 0 Å². The molecule has 9 heteroatoms. The summed E-state index contributed by atoms with van der Waals surface area (Å²) in [5.41, 5.74) is -0.176. The molecule has 0 saturated carbocycles. The summed E-state index contributed by atoms with van der Waals surface area (Å²) in [6.45, 7) is 0. The number of nitro groups is 1. The van der Waals surface area contributed by atoms with Crippen LogP contribution in [0.15, 0.2) is 27.1 Å². The van der Waals surface area contributed by atoms with Crippen molar-refractivity contribution in [3.63, 3.8) is 0 Å². The first kappa shape index (κ1) is 11.2. The van der Waals surface area contributed by atoms with Crippen molar-refractivity contribution < 1.29 is 4.92 Å². The molecule has 6 nitrogen and oxygen atoms in total. The van der Waals surface area contributed by atoms with E-state index in [0.29, 0.717) is 4.34 Å². The Morgan fingerprint density at radius 2 is 2.31 bits per heavy atom. The molecule has 16 heavy (non-hydrogen) atoms. The molecule has 2 aromatic heterocycles. The molecule has 0 bridgehead atoms. The van der Waals surface area contributed by atoms with Crippen LogP contribution < -0.4 is 0 Å². The molecule has 0 amide bonds. The molecule has 0 aliphatic rings. The molecule has 0 aliphatic heterocycles. The van der Waals surface area contributed by atoms with Gasteiger partial charge in [-0.15, -0.1) is 11.3 Å². The normalized spacial score (nSPS) is 10.3. The van der Waals surface area contributed by atoms with Crippen LogP contribution in [0, 0.1) is 10.1 Å². The van der Waals surface area contributed by atoms with Crippen LogP contribution in [-0.4, -0.2) is 19.9 Å². The van der Waals surface area contributed by atoms with Gasteiger partial charge in [-0.25, -0.2) is 15.0 Å². The van der Waals surface area contributed by atoms with E-state index in [4.69, 9.17) is 11.6 Å². The SMILES string of the molecule is O=[N+]([O-])c1cnc(Cl)nc1Sc1nccs1. The van der Waals surface area contributed by atoms with Crippen molar-refractivity contribution >= 4 is 40.4 Å². The molecule has 0 N–H and O–H groups in total. The first-order chi connectivity index (χ1) is 7.66. The topological polar surface area (TPSA) is 81.8 Å².